The summed E-state index contributed by atoms with van der Waals surface area (Å²) < 4.78 is 0. The third-order valence-corrected chi connectivity index (χ3v) is 6.26. The normalized spacial score (nSPS) is 12.2. The van der Waals surface area contributed by atoms with Crippen LogP contribution in [-0.2, 0) is 4.79 Å². The highest BCUT2D eigenvalue weighted by atomic mass is 32.1. The standard InChI is InChI=1S/C24H44N2OS/c1-4-5-6-7-8-9-10-11-12-13-14-15-16-17-18-19-24(27)25-21(2)23-20-28-22(3)26-23/h20-21H,4-19H2,1-3H3,(H,25,27). The van der Waals surface area contributed by atoms with Crippen molar-refractivity contribution in [2.75, 3.05) is 0 Å². The minimum Gasteiger partial charge on any atom is -0.348 e. The van der Waals surface area contributed by atoms with Crippen molar-refractivity contribution in [2.24, 2.45) is 0 Å². The molecule has 0 aliphatic heterocycles. The number of hydrogen-bond acceptors (Lipinski definition) is 3. The van der Waals surface area contributed by atoms with Crippen LogP contribution in [0, 0.1) is 6.92 Å². The number of nitrogens with zero attached hydrogens (tertiary/aromatic N) is 1. The molecule has 1 aromatic rings. The summed E-state index contributed by atoms with van der Waals surface area (Å²) in [5.41, 5.74) is 0.979. The first-order chi connectivity index (χ1) is 13.6. The van der Waals surface area contributed by atoms with Crippen molar-refractivity contribution < 1.29 is 4.79 Å². The van der Waals surface area contributed by atoms with Gasteiger partial charge < -0.3 is 5.32 Å². The van der Waals surface area contributed by atoms with Gasteiger partial charge >= 0.3 is 0 Å². The van der Waals surface area contributed by atoms with Crippen LogP contribution in [0.3, 0.4) is 0 Å². The van der Waals surface area contributed by atoms with Gasteiger partial charge in [0.2, 0.25) is 5.91 Å². The van der Waals surface area contributed by atoms with Crippen molar-refractivity contribution in [3.05, 3.63) is 16.1 Å². The third-order valence-electron chi connectivity index (χ3n) is 5.47. The molecule has 1 aromatic heterocycles. The van der Waals surface area contributed by atoms with E-state index in [0.29, 0.717) is 6.42 Å². The molecule has 1 heterocycles. The van der Waals surface area contributed by atoms with Crippen LogP contribution in [0.25, 0.3) is 0 Å². The molecule has 0 radical (unpaired) electrons. The molecule has 0 bridgehead atoms. The summed E-state index contributed by atoms with van der Waals surface area (Å²) in [5.74, 6) is 0.160. The number of amides is 1. The van der Waals surface area contributed by atoms with Gasteiger partial charge in [-0.15, -0.1) is 11.3 Å². The summed E-state index contributed by atoms with van der Waals surface area (Å²) in [6, 6.07) is 0.0220. The SMILES string of the molecule is CCCCCCCCCCCCCCCCCC(=O)NC(C)c1csc(C)n1. The van der Waals surface area contributed by atoms with Crippen molar-refractivity contribution in [1.82, 2.24) is 10.3 Å². The van der Waals surface area contributed by atoms with Crippen LogP contribution in [0.1, 0.15) is 133 Å². The van der Waals surface area contributed by atoms with Crippen LogP contribution in [-0.4, -0.2) is 10.9 Å². The van der Waals surface area contributed by atoms with Gasteiger partial charge in [-0.3, -0.25) is 4.79 Å². The molecule has 0 fully saturated rings. The highest BCUT2D eigenvalue weighted by Crippen LogP contribution is 2.16. The summed E-state index contributed by atoms with van der Waals surface area (Å²) in [6.45, 7) is 6.29. The fourth-order valence-electron chi connectivity index (χ4n) is 3.62. The van der Waals surface area contributed by atoms with Gasteiger partial charge in [-0.05, 0) is 20.3 Å². The molecule has 1 N–H and O–H groups in total. The molecule has 1 amide bonds. The maximum absolute atomic E-state index is 12.0. The van der Waals surface area contributed by atoms with Crippen molar-refractivity contribution in [3.8, 4) is 0 Å². The molecule has 1 atom stereocenters. The molecule has 0 spiro atoms. The first-order valence-corrected chi connectivity index (χ1v) is 12.7. The van der Waals surface area contributed by atoms with Gasteiger partial charge in [0.25, 0.3) is 0 Å². The molecular weight excluding hydrogens is 364 g/mol. The molecule has 0 saturated heterocycles. The third kappa shape index (κ3) is 13.3. The molecule has 162 valence electrons. The molecule has 1 rings (SSSR count). The van der Waals surface area contributed by atoms with Crippen LogP contribution in [0.15, 0.2) is 5.38 Å². The summed E-state index contributed by atoms with van der Waals surface area (Å²) in [7, 11) is 0. The van der Waals surface area contributed by atoms with Crippen LogP contribution in [0.4, 0.5) is 0 Å². The number of carbonyl (C=O) groups excluding carboxylic acids is 1. The fourth-order valence-corrected chi connectivity index (χ4v) is 4.33. The fraction of sp³-hybridized carbons (Fsp3) is 0.833. The second-order valence-electron chi connectivity index (χ2n) is 8.28. The lowest BCUT2D eigenvalue weighted by molar-refractivity contribution is -0.121. The van der Waals surface area contributed by atoms with Crippen LogP contribution >= 0.6 is 11.3 Å². The topological polar surface area (TPSA) is 42.0 Å². The van der Waals surface area contributed by atoms with Gasteiger partial charge in [0.05, 0.1) is 16.7 Å². The Morgan fingerprint density at radius 3 is 1.79 bits per heavy atom. The first kappa shape index (κ1) is 25.1. The Labute approximate surface area is 178 Å². The molecule has 0 aromatic carbocycles. The second kappa shape index (κ2) is 17.0. The molecular formula is C24H44N2OS. The number of nitrogens with one attached hydrogen (secondary N) is 1. The Hall–Kier alpha value is -0.900. The van der Waals surface area contributed by atoms with Gasteiger partial charge in [-0.25, -0.2) is 4.98 Å². The van der Waals surface area contributed by atoms with E-state index in [4.69, 9.17) is 0 Å². The Balaban J connectivity index is 1.83. The van der Waals surface area contributed by atoms with Gasteiger partial charge in [-0.2, -0.15) is 0 Å². The van der Waals surface area contributed by atoms with Gasteiger partial charge in [0.1, 0.15) is 0 Å². The first-order valence-electron chi connectivity index (χ1n) is 11.8. The maximum Gasteiger partial charge on any atom is 0.220 e. The van der Waals surface area contributed by atoms with Crippen molar-refractivity contribution in [2.45, 2.75) is 130 Å². The molecule has 0 aliphatic carbocycles. The quantitative estimate of drug-likeness (QED) is 0.251. The van der Waals surface area contributed by atoms with Gasteiger partial charge in [0.15, 0.2) is 0 Å². The van der Waals surface area contributed by atoms with E-state index in [0.717, 1.165) is 17.1 Å². The van der Waals surface area contributed by atoms with Crippen molar-refractivity contribution in [1.29, 1.82) is 0 Å². The molecule has 4 heteroatoms. The summed E-state index contributed by atoms with van der Waals surface area (Å²) >= 11 is 1.64. The second-order valence-corrected chi connectivity index (χ2v) is 9.34. The van der Waals surface area contributed by atoms with Crippen molar-refractivity contribution in [3.63, 3.8) is 0 Å². The highest BCUT2D eigenvalue weighted by Gasteiger charge is 2.11. The van der Waals surface area contributed by atoms with Crippen LogP contribution in [0.5, 0.6) is 0 Å². The highest BCUT2D eigenvalue weighted by molar-refractivity contribution is 7.09. The smallest absolute Gasteiger partial charge is 0.220 e. The Morgan fingerprint density at radius 1 is 0.893 bits per heavy atom. The predicted octanol–water partition coefficient (Wildman–Crippen LogP) is 7.89. The monoisotopic (exact) mass is 408 g/mol. The van der Waals surface area contributed by atoms with E-state index in [9.17, 15) is 4.79 Å². The van der Waals surface area contributed by atoms with E-state index < -0.39 is 0 Å². The van der Waals surface area contributed by atoms with E-state index in [1.54, 1.807) is 11.3 Å². The number of thiazole rings is 1. The van der Waals surface area contributed by atoms with Gasteiger partial charge in [-0.1, -0.05) is 96.8 Å². The molecule has 0 saturated carbocycles. The maximum atomic E-state index is 12.0. The Kier molecular flexibility index (Phi) is 15.3. The predicted molar refractivity (Wildman–Crippen MR) is 123 cm³/mol. The lowest BCUT2D eigenvalue weighted by Gasteiger charge is -2.11. The largest absolute Gasteiger partial charge is 0.348 e. The average Bonchev–Trinajstić information content (AvgIpc) is 3.11. The van der Waals surface area contributed by atoms with E-state index in [2.05, 4.69) is 17.2 Å². The van der Waals surface area contributed by atoms with Gasteiger partial charge in [0, 0.05) is 11.8 Å². The number of unbranched alkanes of at least 4 members (excludes halogenated alkanes) is 14. The molecule has 28 heavy (non-hydrogen) atoms. The Bertz CT molecular complexity index is 501. The molecule has 3 nitrogen and oxygen atoms in total. The van der Waals surface area contributed by atoms with E-state index in [1.807, 2.05) is 19.2 Å². The van der Waals surface area contributed by atoms with Crippen LogP contribution < -0.4 is 5.32 Å². The zero-order chi connectivity index (χ0) is 20.5. The number of aryl methyl sites for hydroxylation is 1. The number of carbonyl (C=O) groups is 1. The summed E-state index contributed by atoms with van der Waals surface area (Å²) in [4.78, 5) is 16.5. The molecule has 0 aliphatic rings. The molecule has 1 unspecified atom stereocenters. The minimum absolute atomic E-state index is 0.0220. The lowest BCUT2D eigenvalue weighted by atomic mass is 10.0. The van der Waals surface area contributed by atoms with E-state index in [1.165, 1.54) is 89.9 Å². The number of aromatic nitrogens is 1. The van der Waals surface area contributed by atoms with E-state index in [-0.39, 0.29) is 11.9 Å². The zero-order valence-electron chi connectivity index (χ0n) is 18.7. The number of rotatable bonds is 18. The Morgan fingerprint density at radius 2 is 1.36 bits per heavy atom. The summed E-state index contributed by atoms with van der Waals surface area (Å²) in [5, 5.41) is 6.15. The lowest BCUT2D eigenvalue weighted by Crippen LogP contribution is -2.26. The minimum atomic E-state index is 0.0220. The van der Waals surface area contributed by atoms with E-state index >= 15 is 0 Å². The zero-order valence-corrected chi connectivity index (χ0v) is 19.5. The number of hydrogen-bond donors (Lipinski definition) is 1. The average molecular weight is 409 g/mol. The summed E-state index contributed by atoms with van der Waals surface area (Å²) in [6.07, 6.45) is 20.9. The van der Waals surface area contributed by atoms with Crippen LogP contribution in [0.2, 0.25) is 0 Å². The van der Waals surface area contributed by atoms with Crippen molar-refractivity contribution >= 4 is 17.2 Å².